The minimum atomic E-state index is 0.546. The Balaban J connectivity index is 1.89. The molecule has 2 aromatic heterocycles. The van der Waals surface area contributed by atoms with Gasteiger partial charge in [-0.05, 0) is 24.3 Å². The van der Waals surface area contributed by atoms with Crippen LogP contribution in [0.5, 0.6) is 5.75 Å². The van der Waals surface area contributed by atoms with Crippen molar-refractivity contribution in [2.45, 2.75) is 6.54 Å². The van der Waals surface area contributed by atoms with Crippen LogP contribution in [0, 0.1) is 0 Å². The summed E-state index contributed by atoms with van der Waals surface area (Å²) in [6, 6.07) is 7.77. The van der Waals surface area contributed by atoms with Gasteiger partial charge in [0.25, 0.3) is 0 Å². The second kappa shape index (κ2) is 3.81. The van der Waals surface area contributed by atoms with Crippen molar-refractivity contribution in [1.82, 2.24) is 9.97 Å². The molecule has 80 valence electrons. The average Bonchev–Trinajstić information content (AvgIpc) is 2.39. The van der Waals surface area contributed by atoms with Gasteiger partial charge in [-0.3, -0.25) is 9.97 Å². The molecule has 3 heterocycles. The summed E-state index contributed by atoms with van der Waals surface area (Å²) >= 11 is 0. The number of hydrogen-bond acceptors (Lipinski definition) is 4. The van der Waals surface area contributed by atoms with E-state index in [2.05, 4.69) is 14.9 Å². The fraction of sp³-hybridized carbons (Fsp3) is 0.167. The largest absolute Gasteiger partial charge is 0.471 e. The van der Waals surface area contributed by atoms with E-state index in [1.54, 1.807) is 12.4 Å². The molecule has 2 aromatic rings. The molecule has 0 aliphatic carbocycles. The van der Waals surface area contributed by atoms with Gasteiger partial charge in [-0.1, -0.05) is 0 Å². The molecule has 0 bridgehead atoms. The Labute approximate surface area is 93.5 Å². The van der Waals surface area contributed by atoms with Crippen LogP contribution in [0.25, 0.3) is 0 Å². The summed E-state index contributed by atoms with van der Waals surface area (Å²) in [6.07, 6.45) is 5.38. The van der Waals surface area contributed by atoms with Crippen LogP contribution in [0.2, 0.25) is 0 Å². The SMILES string of the molecule is c1cncc(N2COc3cccnc3C2)c1. The molecule has 1 aliphatic heterocycles. The van der Waals surface area contributed by atoms with Gasteiger partial charge in [-0.15, -0.1) is 0 Å². The van der Waals surface area contributed by atoms with E-state index in [1.165, 1.54) is 0 Å². The molecule has 0 N–H and O–H groups in total. The lowest BCUT2D eigenvalue weighted by Crippen LogP contribution is -2.32. The van der Waals surface area contributed by atoms with Gasteiger partial charge in [-0.2, -0.15) is 0 Å². The lowest BCUT2D eigenvalue weighted by Gasteiger charge is -2.29. The fourth-order valence-electron chi connectivity index (χ4n) is 1.75. The van der Waals surface area contributed by atoms with E-state index >= 15 is 0 Å². The molecule has 0 atom stereocenters. The molecule has 0 fully saturated rings. The number of pyridine rings is 2. The van der Waals surface area contributed by atoms with Crippen LogP contribution in [0.1, 0.15) is 5.69 Å². The summed E-state index contributed by atoms with van der Waals surface area (Å²) in [5.41, 5.74) is 2.02. The maximum Gasteiger partial charge on any atom is 0.162 e. The zero-order valence-electron chi connectivity index (χ0n) is 8.71. The summed E-state index contributed by atoms with van der Waals surface area (Å²) < 4.78 is 5.63. The number of hydrogen-bond donors (Lipinski definition) is 0. The first-order valence-corrected chi connectivity index (χ1v) is 5.15. The Morgan fingerprint density at radius 2 is 2.12 bits per heavy atom. The molecule has 0 saturated heterocycles. The molecule has 0 spiro atoms. The van der Waals surface area contributed by atoms with Crippen molar-refractivity contribution in [2.75, 3.05) is 11.6 Å². The minimum Gasteiger partial charge on any atom is -0.471 e. The lowest BCUT2D eigenvalue weighted by atomic mass is 10.2. The lowest BCUT2D eigenvalue weighted by molar-refractivity contribution is 0.286. The Hall–Kier alpha value is -2.10. The van der Waals surface area contributed by atoms with Crippen LogP contribution in [-0.4, -0.2) is 16.7 Å². The van der Waals surface area contributed by atoms with Crippen LogP contribution < -0.4 is 9.64 Å². The molecule has 4 nitrogen and oxygen atoms in total. The molecule has 0 amide bonds. The highest BCUT2D eigenvalue weighted by Crippen LogP contribution is 2.25. The number of fused-ring (bicyclic) bond motifs is 1. The number of ether oxygens (including phenoxy) is 1. The highest BCUT2D eigenvalue weighted by Gasteiger charge is 2.17. The number of nitrogens with zero attached hydrogens (tertiary/aromatic N) is 3. The van der Waals surface area contributed by atoms with Crippen LogP contribution in [-0.2, 0) is 6.54 Å². The zero-order chi connectivity index (χ0) is 10.8. The summed E-state index contributed by atoms with van der Waals surface area (Å²) in [5.74, 6) is 0.877. The third kappa shape index (κ3) is 1.58. The monoisotopic (exact) mass is 213 g/mol. The van der Waals surface area contributed by atoms with Crippen LogP contribution in [0.4, 0.5) is 5.69 Å². The van der Waals surface area contributed by atoms with Crippen molar-refractivity contribution in [1.29, 1.82) is 0 Å². The summed E-state index contributed by atoms with van der Waals surface area (Å²) in [7, 11) is 0. The topological polar surface area (TPSA) is 38.2 Å². The van der Waals surface area contributed by atoms with Gasteiger partial charge in [0.15, 0.2) is 6.73 Å². The van der Waals surface area contributed by atoms with Gasteiger partial charge in [0.05, 0.1) is 18.4 Å². The molecule has 4 heteroatoms. The van der Waals surface area contributed by atoms with Gasteiger partial charge < -0.3 is 9.64 Å². The van der Waals surface area contributed by atoms with E-state index in [1.807, 2.05) is 30.5 Å². The van der Waals surface area contributed by atoms with E-state index < -0.39 is 0 Å². The third-order valence-electron chi connectivity index (χ3n) is 2.58. The Bertz CT molecular complexity index is 487. The number of anilines is 1. The first kappa shape index (κ1) is 9.15. The fourth-order valence-corrected chi connectivity index (χ4v) is 1.75. The van der Waals surface area contributed by atoms with Crippen LogP contribution in [0.15, 0.2) is 42.9 Å². The summed E-state index contributed by atoms with van der Waals surface area (Å²) in [4.78, 5) is 10.5. The van der Waals surface area contributed by atoms with Crippen molar-refractivity contribution >= 4 is 5.69 Å². The van der Waals surface area contributed by atoms with E-state index in [9.17, 15) is 0 Å². The Morgan fingerprint density at radius 3 is 3.00 bits per heavy atom. The molecule has 0 unspecified atom stereocenters. The van der Waals surface area contributed by atoms with E-state index in [-0.39, 0.29) is 0 Å². The number of aromatic nitrogens is 2. The van der Waals surface area contributed by atoms with Gasteiger partial charge in [0.2, 0.25) is 0 Å². The maximum absolute atomic E-state index is 5.63. The van der Waals surface area contributed by atoms with Crippen LogP contribution in [0.3, 0.4) is 0 Å². The predicted octanol–water partition coefficient (Wildman–Crippen LogP) is 1.83. The minimum absolute atomic E-state index is 0.546. The Morgan fingerprint density at radius 1 is 1.19 bits per heavy atom. The van der Waals surface area contributed by atoms with Gasteiger partial charge in [0, 0.05) is 12.4 Å². The average molecular weight is 213 g/mol. The van der Waals surface area contributed by atoms with Gasteiger partial charge in [0.1, 0.15) is 11.4 Å². The molecule has 3 rings (SSSR count). The van der Waals surface area contributed by atoms with E-state index in [4.69, 9.17) is 4.74 Å². The quantitative estimate of drug-likeness (QED) is 0.724. The number of rotatable bonds is 1. The standard InChI is InChI=1S/C12H11N3O/c1-3-10(7-13-5-1)15-8-11-12(16-9-15)4-2-6-14-11/h1-7H,8-9H2. The van der Waals surface area contributed by atoms with E-state index in [0.717, 1.165) is 23.7 Å². The van der Waals surface area contributed by atoms with E-state index in [0.29, 0.717) is 6.73 Å². The molecular weight excluding hydrogens is 202 g/mol. The van der Waals surface area contributed by atoms with Crippen LogP contribution >= 0.6 is 0 Å². The molecule has 1 aliphatic rings. The van der Waals surface area contributed by atoms with Crippen molar-refractivity contribution in [3.63, 3.8) is 0 Å². The second-order valence-corrected chi connectivity index (χ2v) is 3.63. The molecule has 0 aromatic carbocycles. The summed E-state index contributed by atoms with van der Waals surface area (Å²) in [5, 5.41) is 0. The second-order valence-electron chi connectivity index (χ2n) is 3.63. The van der Waals surface area contributed by atoms with Crippen molar-refractivity contribution in [3.05, 3.63) is 48.5 Å². The van der Waals surface area contributed by atoms with Crippen molar-refractivity contribution in [2.24, 2.45) is 0 Å². The van der Waals surface area contributed by atoms with Gasteiger partial charge in [-0.25, -0.2) is 0 Å². The molecule has 0 radical (unpaired) electrons. The zero-order valence-corrected chi connectivity index (χ0v) is 8.71. The molecule has 16 heavy (non-hydrogen) atoms. The molecular formula is C12H11N3O. The first-order chi connectivity index (χ1) is 7.93. The summed E-state index contributed by atoms with van der Waals surface area (Å²) in [6.45, 7) is 1.31. The normalized spacial score (nSPS) is 14.1. The van der Waals surface area contributed by atoms with Crippen molar-refractivity contribution < 1.29 is 4.74 Å². The molecule has 0 saturated carbocycles. The highest BCUT2D eigenvalue weighted by molar-refractivity contribution is 5.46. The van der Waals surface area contributed by atoms with Gasteiger partial charge >= 0.3 is 0 Å². The smallest absolute Gasteiger partial charge is 0.162 e. The highest BCUT2D eigenvalue weighted by atomic mass is 16.5. The first-order valence-electron chi connectivity index (χ1n) is 5.15. The third-order valence-corrected chi connectivity index (χ3v) is 2.58. The van der Waals surface area contributed by atoms with Crippen molar-refractivity contribution in [3.8, 4) is 5.75 Å². The predicted molar refractivity (Wildman–Crippen MR) is 60.2 cm³/mol. The maximum atomic E-state index is 5.63. The Kier molecular flexibility index (Phi) is 2.18.